The third kappa shape index (κ3) is 6.26. The monoisotopic (exact) mass is 530 g/mol. The zero-order valence-electron chi connectivity index (χ0n) is 17.9. The van der Waals surface area contributed by atoms with Gasteiger partial charge in [-0.3, -0.25) is 9.79 Å². The first-order chi connectivity index (χ1) is 13.5. The molecule has 2 fully saturated rings. The summed E-state index contributed by atoms with van der Waals surface area (Å²) in [5, 5.41) is 3.55. The Morgan fingerprint density at radius 3 is 2.59 bits per heavy atom. The normalized spacial score (nSPS) is 21.0. The second-order valence-corrected chi connectivity index (χ2v) is 9.41. The van der Waals surface area contributed by atoms with Crippen LogP contribution in [0.5, 0.6) is 0 Å². The number of carbonyl (C=O) groups excluding carboxylic acids is 1. The maximum Gasteiger partial charge on any atom is 0.230 e. The number of amides is 1. The third-order valence-corrected chi connectivity index (χ3v) is 7.28. The summed E-state index contributed by atoms with van der Waals surface area (Å²) in [7, 11) is 5.59. The van der Waals surface area contributed by atoms with Crippen molar-refractivity contribution in [2.24, 2.45) is 16.3 Å². The zero-order chi connectivity index (χ0) is 20.0. The number of likely N-dealkylation sites (tertiary alicyclic amines) is 1. The van der Waals surface area contributed by atoms with E-state index in [1.165, 1.54) is 11.3 Å². The number of halogens is 1. The van der Waals surface area contributed by atoms with Crippen LogP contribution in [0.3, 0.4) is 0 Å². The first-order valence-electron chi connectivity index (χ1n) is 10.4. The van der Waals surface area contributed by atoms with E-state index >= 15 is 0 Å². The molecule has 2 aliphatic rings. The minimum absolute atomic E-state index is 0. The maximum atomic E-state index is 12.8. The molecule has 7 heteroatoms. The Morgan fingerprint density at radius 2 is 1.97 bits per heavy atom. The van der Waals surface area contributed by atoms with Crippen LogP contribution in [0, 0.1) is 11.3 Å². The second kappa shape index (κ2) is 11.4. The number of benzene rings is 1. The van der Waals surface area contributed by atoms with Gasteiger partial charge in [-0.05, 0) is 37.3 Å². The van der Waals surface area contributed by atoms with Gasteiger partial charge in [0, 0.05) is 51.4 Å². The SMILES string of the molecule is CN=C(NCC1(C(=O)N(C)C)CCCC1)N1CCC(CSc2ccccc2)C1.I. The number of rotatable bonds is 6. The molecular formula is C22H35IN4OS. The Morgan fingerprint density at radius 1 is 1.28 bits per heavy atom. The van der Waals surface area contributed by atoms with Crippen LogP contribution in [0.25, 0.3) is 0 Å². The van der Waals surface area contributed by atoms with Gasteiger partial charge in [-0.1, -0.05) is 31.0 Å². The number of hydrogen-bond donors (Lipinski definition) is 1. The topological polar surface area (TPSA) is 47.9 Å². The molecule has 3 rings (SSSR count). The molecule has 1 saturated carbocycles. The van der Waals surface area contributed by atoms with Gasteiger partial charge in [0.25, 0.3) is 0 Å². The van der Waals surface area contributed by atoms with Crippen LogP contribution in [0.4, 0.5) is 0 Å². The molecule has 1 aromatic carbocycles. The highest BCUT2D eigenvalue weighted by atomic mass is 127. The Balaban J connectivity index is 0.00000300. The minimum atomic E-state index is -0.262. The molecule has 0 spiro atoms. The third-order valence-electron chi connectivity index (χ3n) is 6.03. The van der Waals surface area contributed by atoms with E-state index in [4.69, 9.17) is 0 Å². The van der Waals surface area contributed by atoms with Crippen molar-refractivity contribution in [1.82, 2.24) is 15.1 Å². The second-order valence-electron chi connectivity index (χ2n) is 8.31. The van der Waals surface area contributed by atoms with E-state index in [0.29, 0.717) is 12.5 Å². The van der Waals surface area contributed by atoms with Crippen molar-refractivity contribution in [2.75, 3.05) is 46.5 Å². The predicted octanol–water partition coefficient (Wildman–Crippen LogP) is 3.94. The van der Waals surface area contributed by atoms with E-state index in [9.17, 15) is 4.79 Å². The van der Waals surface area contributed by atoms with Gasteiger partial charge in [-0.2, -0.15) is 0 Å². The van der Waals surface area contributed by atoms with Gasteiger partial charge >= 0.3 is 0 Å². The van der Waals surface area contributed by atoms with Gasteiger partial charge in [0.05, 0.1) is 5.41 Å². The van der Waals surface area contributed by atoms with Crippen molar-refractivity contribution < 1.29 is 4.79 Å². The van der Waals surface area contributed by atoms with Gasteiger partial charge in [-0.25, -0.2) is 0 Å². The van der Waals surface area contributed by atoms with Crippen molar-refractivity contribution in [3.8, 4) is 0 Å². The molecular weight excluding hydrogens is 495 g/mol. The van der Waals surface area contributed by atoms with Crippen molar-refractivity contribution in [3.63, 3.8) is 0 Å². The first-order valence-corrected chi connectivity index (χ1v) is 11.4. The number of thioether (sulfide) groups is 1. The maximum absolute atomic E-state index is 12.8. The molecule has 0 radical (unpaired) electrons. The van der Waals surface area contributed by atoms with Gasteiger partial charge in [0.1, 0.15) is 0 Å². The fraction of sp³-hybridized carbons (Fsp3) is 0.636. The lowest BCUT2D eigenvalue weighted by atomic mass is 9.84. The standard InChI is InChI=1S/C22H34N4OS.HI/c1-23-21(24-17-22(12-7-8-13-22)20(27)25(2)3)26-14-11-18(15-26)16-28-19-9-5-4-6-10-19;/h4-6,9-10,18H,7-8,11-17H2,1-3H3,(H,23,24);1H. The molecule has 1 amide bonds. The van der Waals surface area contributed by atoms with Crippen LogP contribution < -0.4 is 5.32 Å². The Bertz CT molecular complexity index is 677. The van der Waals surface area contributed by atoms with E-state index in [-0.39, 0.29) is 35.3 Å². The van der Waals surface area contributed by atoms with E-state index in [1.807, 2.05) is 32.9 Å². The van der Waals surface area contributed by atoms with Crippen LogP contribution in [0.15, 0.2) is 40.2 Å². The van der Waals surface area contributed by atoms with Crippen molar-refractivity contribution in [3.05, 3.63) is 30.3 Å². The van der Waals surface area contributed by atoms with Crippen molar-refractivity contribution in [1.29, 1.82) is 0 Å². The summed E-state index contributed by atoms with van der Waals surface area (Å²) in [4.78, 5) is 22.8. The molecule has 1 heterocycles. The molecule has 1 aliphatic heterocycles. The average Bonchev–Trinajstić information content (AvgIpc) is 3.38. The fourth-order valence-corrected chi connectivity index (χ4v) is 5.51. The van der Waals surface area contributed by atoms with Crippen molar-refractivity contribution >= 4 is 47.6 Å². The van der Waals surface area contributed by atoms with Gasteiger partial charge in [0.15, 0.2) is 5.96 Å². The summed E-state index contributed by atoms with van der Waals surface area (Å²) in [5.41, 5.74) is -0.262. The average molecular weight is 531 g/mol. The lowest BCUT2D eigenvalue weighted by Gasteiger charge is -2.32. The van der Waals surface area contributed by atoms with Crippen LogP contribution in [-0.2, 0) is 4.79 Å². The summed E-state index contributed by atoms with van der Waals surface area (Å²) in [5.74, 6) is 3.02. The molecule has 1 atom stereocenters. The molecule has 5 nitrogen and oxygen atoms in total. The van der Waals surface area contributed by atoms with Gasteiger partial charge in [0.2, 0.25) is 5.91 Å². The molecule has 1 saturated heterocycles. The molecule has 0 bridgehead atoms. The lowest BCUT2D eigenvalue weighted by molar-refractivity contribution is -0.138. The number of nitrogens with one attached hydrogen (secondary N) is 1. The number of nitrogens with zero attached hydrogens (tertiary/aromatic N) is 3. The minimum Gasteiger partial charge on any atom is -0.355 e. The Labute approximate surface area is 197 Å². The number of guanidine groups is 1. The number of hydrogen-bond acceptors (Lipinski definition) is 3. The van der Waals surface area contributed by atoms with E-state index in [2.05, 4.69) is 45.5 Å². The largest absolute Gasteiger partial charge is 0.355 e. The Hall–Kier alpha value is -0.960. The molecule has 162 valence electrons. The summed E-state index contributed by atoms with van der Waals surface area (Å²) >= 11 is 1.94. The smallest absolute Gasteiger partial charge is 0.230 e. The molecule has 1 unspecified atom stereocenters. The molecule has 0 aromatic heterocycles. The summed E-state index contributed by atoms with van der Waals surface area (Å²) in [6, 6.07) is 10.6. The molecule has 1 aliphatic carbocycles. The molecule has 1 aromatic rings. The van der Waals surface area contributed by atoms with E-state index < -0.39 is 0 Å². The predicted molar refractivity (Wildman–Crippen MR) is 133 cm³/mol. The van der Waals surface area contributed by atoms with E-state index in [1.54, 1.807) is 4.90 Å². The first kappa shape index (κ1) is 24.3. The molecule has 1 N–H and O–H groups in total. The summed E-state index contributed by atoms with van der Waals surface area (Å²) in [6.45, 7) is 2.76. The van der Waals surface area contributed by atoms with Gasteiger partial charge < -0.3 is 15.1 Å². The quantitative estimate of drug-likeness (QED) is 0.262. The number of aliphatic imine (C=N–C) groups is 1. The van der Waals surface area contributed by atoms with Crippen LogP contribution in [-0.4, -0.2) is 68.2 Å². The van der Waals surface area contributed by atoms with Crippen LogP contribution in [0.1, 0.15) is 32.1 Å². The van der Waals surface area contributed by atoms with Crippen LogP contribution >= 0.6 is 35.7 Å². The lowest BCUT2D eigenvalue weighted by Crippen LogP contribution is -2.49. The van der Waals surface area contributed by atoms with E-state index in [0.717, 1.165) is 50.5 Å². The fourth-order valence-electron chi connectivity index (χ4n) is 4.46. The highest BCUT2D eigenvalue weighted by molar-refractivity contribution is 14.0. The molecule has 29 heavy (non-hydrogen) atoms. The van der Waals surface area contributed by atoms with Crippen molar-refractivity contribution in [2.45, 2.75) is 37.0 Å². The Kier molecular flexibility index (Phi) is 9.59. The highest BCUT2D eigenvalue weighted by Crippen LogP contribution is 2.39. The number of carbonyl (C=O) groups is 1. The van der Waals surface area contributed by atoms with Gasteiger partial charge in [-0.15, -0.1) is 35.7 Å². The summed E-state index contributed by atoms with van der Waals surface area (Å²) in [6.07, 6.45) is 5.43. The summed E-state index contributed by atoms with van der Waals surface area (Å²) < 4.78 is 0. The highest BCUT2D eigenvalue weighted by Gasteiger charge is 2.42. The zero-order valence-corrected chi connectivity index (χ0v) is 21.0. The van der Waals surface area contributed by atoms with Crippen LogP contribution in [0.2, 0.25) is 0 Å².